The Morgan fingerprint density at radius 2 is 2.03 bits per heavy atom. The second-order valence-electron chi connectivity index (χ2n) is 7.40. The van der Waals surface area contributed by atoms with Gasteiger partial charge >= 0.3 is 5.97 Å². The van der Waals surface area contributed by atoms with Crippen molar-refractivity contribution in [3.05, 3.63) is 58.7 Å². The number of fused-ring (bicyclic) bond motifs is 1. The number of aryl methyl sites for hydroxylation is 1. The molecule has 4 rings (SSSR count). The highest BCUT2D eigenvalue weighted by atomic mass is 32.1. The fraction of sp³-hybridized carbons (Fsp3) is 0.333. The van der Waals surface area contributed by atoms with E-state index >= 15 is 0 Å². The van der Waals surface area contributed by atoms with Gasteiger partial charge in [0.2, 0.25) is 5.88 Å². The van der Waals surface area contributed by atoms with E-state index in [1.165, 1.54) is 12.7 Å². The number of nitrogens with one attached hydrogen (secondary N) is 1. The Labute approximate surface area is 196 Å². The minimum Gasteiger partial charge on any atom is -0.497 e. The number of nitrogens with zero attached hydrogens (tertiary/aromatic N) is 1. The first-order valence-corrected chi connectivity index (χ1v) is 11.3. The van der Waals surface area contributed by atoms with Gasteiger partial charge in [-0.05, 0) is 53.7 Å². The molecule has 3 aromatic rings. The molecular formula is C24H26N2O6S. The first-order valence-electron chi connectivity index (χ1n) is 10.5. The monoisotopic (exact) mass is 470 g/mol. The lowest BCUT2D eigenvalue weighted by molar-refractivity contribution is 0.0596. The molecule has 8 nitrogen and oxygen atoms in total. The molecule has 1 aromatic heterocycles. The van der Waals surface area contributed by atoms with E-state index in [9.17, 15) is 4.79 Å². The van der Waals surface area contributed by atoms with Crippen LogP contribution in [-0.4, -0.2) is 38.3 Å². The topological polar surface area (TPSA) is 88.1 Å². The molecule has 0 saturated heterocycles. The first-order chi connectivity index (χ1) is 16.1. The van der Waals surface area contributed by atoms with Crippen molar-refractivity contribution in [3.63, 3.8) is 0 Å². The van der Waals surface area contributed by atoms with E-state index in [2.05, 4.69) is 15.8 Å². The van der Waals surface area contributed by atoms with E-state index in [1.807, 2.05) is 30.3 Å². The predicted octanol–water partition coefficient (Wildman–Crippen LogP) is 4.46. The van der Waals surface area contributed by atoms with Gasteiger partial charge in [0, 0.05) is 18.2 Å². The lowest BCUT2D eigenvalue weighted by Crippen LogP contribution is -2.10. The van der Waals surface area contributed by atoms with Crippen LogP contribution < -0.4 is 24.3 Å². The minimum absolute atomic E-state index is 0.231. The third-order valence-corrected chi connectivity index (χ3v) is 6.13. The van der Waals surface area contributed by atoms with Gasteiger partial charge in [-0.3, -0.25) is 0 Å². The van der Waals surface area contributed by atoms with Crippen LogP contribution in [0.5, 0.6) is 23.1 Å². The molecule has 0 radical (unpaired) electrons. The summed E-state index contributed by atoms with van der Waals surface area (Å²) in [7, 11) is 4.54. The summed E-state index contributed by atoms with van der Waals surface area (Å²) >= 11 is 1.14. The highest BCUT2D eigenvalue weighted by Gasteiger charge is 2.24. The number of aromatic nitrogens is 1. The molecule has 33 heavy (non-hydrogen) atoms. The van der Waals surface area contributed by atoms with Crippen molar-refractivity contribution in [1.82, 2.24) is 4.37 Å². The van der Waals surface area contributed by atoms with Crippen molar-refractivity contribution in [2.24, 2.45) is 0 Å². The molecule has 9 heteroatoms. The summed E-state index contributed by atoms with van der Waals surface area (Å²) in [5.74, 6) is 1.99. The quantitative estimate of drug-likeness (QED) is 0.459. The summed E-state index contributed by atoms with van der Waals surface area (Å²) in [5, 5.41) is 3.81. The van der Waals surface area contributed by atoms with Crippen LogP contribution in [-0.2, 0) is 24.3 Å². The Hall–Kier alpha value is -3.46. The number of carbonyl (C=O) groups is 1. The van der Waals surface area contributed by atoms with Gasteiger partial charge in [-0.25, -0.2) is 4.79 Å². The standard InChI is InChI=1S/C24H26N2O6S/c1-28-18-9-8-17(19(12-18)29-2)13-25-23-21(24(27)30-3)22(26-33-23)32-14-15-6-7-16-5-4-10-31-20(16)11-15/h6-9,11-12,25H,4-5,10,13-14H2,1-3H3. The lowest BCUT2D eigenvalue weighted by atomic mass is 10.0. The average Bonchev–Trinajstić information content (AvgIpc) is 3.28. The maximum absolute atomic E-state index is 12.5. The summed E-state index contributed by atoms with van der Waals surface area (Å²) in [6.07, 6.45) is 2.05. The second kappa shape index (κ2) is 10.4. The molecule has 0 aliphatic carbocycles. The molecule has 2 aromatic carbocycles. The van der Waals surface area contributed by atoms with E-state index in [1.54, 1.807) is 14.2 Å². The summed E-state index contributed by atoms with van der Waals surface area (Å²) in [6, 6.07) is 11.6. The fourth-order valence-electron chi connectivity index (χ4n) is 3.58. The van der Waals surface area contributed by atoms with Crippen LogP contribution in [0.4, 0.5) is 5.00 Å². The highest BCUT2D eigenvalue weighted by molar-refractivity contribution is 7.10. The third kappa shape index (κ3) is 5.14. The van der Waals surface area contributed by atoms with Crippen molar-refractivity contribution in [2.45, 2.75) is 26.0 Å². The zero-order chi connectivity index (χ0) is 23.2. The van der Waals surface area contributed by atoms with E-state index in [0.717, 1.165) is 47.9 Å². The molecule has 1 N–H and O–H groups in total. The molecule has 0 bridgehead atoms. The molecular weight excluding hydrogens is 444 g/mol. The zero-order valence-corrected chi connectivity index (χ0v) is 19.6. The van der Waals surface area contributed by atoms with Crippen LogP contribution in [0.15, 0.2) is 36.4 Å². The fourth-order valence-corrected chi connectivity index (χ4v) is 4.29. The normalized spacial score (nSPS) is 12.3. The molecule has 0 amide bonds. The van der Waals surface area contributed by atoms with Gasteiger partial charge in [-0.1, -0.05) is 12.1 Å². The van der Waals surface area contributed by atoms with Crippen molar-refractivity contribution in [2.75, 3.05) is 33.3 Å². The lowest BCUT2D eigenvalue weighted by Gasteiger charge is -2.18. The summed E-state index contributed by atoms with van der Waals surface area (Å²) in [6.45, 7) is 1.40. The molecule has 1 aliphatic heterocycles. The van der Waals surface area contributed by atoms with Crippen molar-refractivity contribution < 1.29 is 28.5 Å². The molecule has 2 heterocycles. The molecule has 1 aliphatic rings. The number of hydrogen-bond donors (Lipinski definition) is 1. The van der Waals surface area contributed by atoms with Gasteiger partial charge in [0.05, 0.1) is 27.9 Å². The van der Waals surface area contributed by atoms with Gasteiger partial charge in [0.15, 0.2) is 5.56 Å². The number of esters is 1. The van der Waals surface area contributed by atoms with Gasteiger partial charge in [0.25, 0.3) is 0 Å². The maximum Gasteiger partial charge on any atom is 0.346 e. The summed E-state index contributed by atoms with van der Waals surface area (Å²) in [4.78, 5) is 12.5. The Morgan fingerprint density at radius 1 is 1.15 bits per heavy atom. The number of ether oxygens (including phenoxy) is 5. The smallest absolute Gasteiger partial charge is 0.346 e. The van der Waals surface area contributed by atoms with E-state index in [0.29, 0.717) is 23.0 Å². The van der Waals surface area contributed by atoms with Crippen LogP contribution in [0, 0.1) is 0 Å². The van der Waals surface area contributed by atoms with Gasteiger partial charge in [0.1, 0.15) is 28.9 Å². The van der Waals surface area contributed by atoms with Gasteiger partial charge in [-0.15, -0.1) is 0 Å². The zero-order valence-electron chi connectivity index (χ0n) is 18.8. The molecule has 0 fully saturated rings. The Kier molecular flexibility index (Phi) is 7.19. The molecule has 0 saturated carbocycles. The van der Waals surface area contributed by atoms with Crippen LogP contribution >= 0.6 is 11.5 Å². The first kappa shape index (κ1) is 22.7. The maximum atomic E-state index is 12.5. The number of anilines is 1. The summed E-state index contributed by atoms with van der Waals surface area (Å²) in [5.41, 5.74) is 3.31. The molecule has 0 unspecified atom stereocenters. The number of methoxy groups -OCH3 is 3. The van der Waals surface area contributed by atoms with Crippen LogP contribution in [0.25, 0.3) is 0 Å². The van der Waals surface area contributed by atoms with E-state index < -0.39 is 5.97 Å². The highest BCUT2D eigenvalue weighted by Crippen LogP contribution is 2.34. The minimum atomic E-state index is -0.517. The Balaban J connectivity index is 1.49. The predicted molar refractivity (Wildman–Crippen MR) is 125 cm³/mol. The van der Waals surface area contributed by atoms with Crippen molar-refractivity contribution in [3.8, 4) is 23.1 Å². The third-order valence-electron chi connectivity index (χ3n) is 5.34. The SMILES string of the molecule is COC(=O)c1c(OCc2ccc3c(c2)OCCC3)nsc1NCc1ccc(OC)cc1OC. The van der Waals surface area contributed by atoms with Crippen molar-refractivity contribution >= 4 is 22.5 Å². The van der Waals surface area contributed by atoms with Gasteiger partial charge in [-0.2, -0.15) is 4.37 Å². The molecule has 0 spiro atoms. The summed E-state index contributed by atoms with van der Waals surface area (Å²) < 4.78 is 31.7. The largest absolute Gasteiger partial charge is 0.497 e. The number of rotatable bonds is 9. The Morgan fingerprint density at radius 3 is 2.82 bits per heavy atom. The number of benzene rings is 2. The van der Waals surface area contributed by atoms with E-state index in [4.69, 9.17) is 23.7 Å². The molecule has 0 atom stereocenters. The van der Waals surface area contributed by atoms with E-state index in [-0.39, 0.29) is 18.1 Å². The Bertz CT molecular complexity index is 1130. The van der Waals surface area contributed by atoms with Crippen LogP contribution in [0.1, 0.15) is 33.5 Å². The average molecular weight is 471 g/mol. The number of hydrogen-bond acceptors (Lipinski definition) is 9. The van der Waals surface area contributed by atoms with Crippen LogP contribution in [0.3, 0.4) is 0 Å². The van der Waals surface area contributed by atoms with Crippen LogP contribution in [0.2, 0.25) is 0 Å². The van der Waals surface area contributed by atoms with Crippen molar-refractivity contribution in [1.29, 1.82) is 0 Å². The second-order valence-corrected chi connectivity index (χ2v) is 8.17. The number of carbonyl (C=O) groups excluding carboxylic acids is 1. The van der Waals surface area contributed by atoms with Gasteiger partial charge < -0.3 is 29.0 Å². The molecule has 174 valence electrons.